The summed E-state index contributed by atoms with van der Waals surface area (Å²) in [6.07, 6.45) is 5.86. The van der Waals surface area contributed by atoms with Gasteiger partial charge in [0.05, 0.1) is 11.4 Å². The number of nitrogens with one attached hydrogen (secondary N) is 1. The fourth-order valence-corrected chi connectivity index (χ4v) is 5.23. The van der Waals surface area contributed by atoms with E-state index in [1.165, 1.54) is 0 Å². The monoisotopic (exact) mass is 497 g/mol. The highest BCUT2D eigenvalue weighted by molar-refractivity contribution is 7.99. The Morgan fingerprint density at radius 3 is 2.11 bits per heavy atom. The van der Waals surface area contributed by atoms with Crippen LogP contribution in [0.4, 0.5) is 0 Å². The third-order valence-corrected chi connectivity index (χ3v) is 7.11. The van der Waals surface area contributed by atoms with Crippen LogP contribution in [0.15, 0.2) is 96.2 Å². The molecule has 0 spiro atoms. The molecule has 0 radical (unpaired) electrons. The number of para-hydroxylation sites is 1. The second kappa shape index (κ2) is 13.7. The zero-order valence-electron chi connectivity index (χ0n) is 21.0. The molecule has 1 N–H and O–H groups in total. The standard InChI is InChI=1S/C31H35N3OS/c1-2-3-7-22-28(35)32-23-14-15-24-36-31-33-29(25-16-8-4-9-17-25)30(26-18-10-5-11-19-26)34(31)27-20-12-6-13-21-27/h4-6,8-13,16-21H,2-3,7,14-15,22-24H2,1H3,(H,32,35). The molecule has 1 heterocycles. The topological polar surface area (TPSA) is 46.9 Å². The maximum absolute atomic E-state index is 12.0. The molecule has 36 heavy (non-hydrogen) atoms. The molecule has 186 valence electrons. The normalized spacial score (nSPS) is 10.9. The lowest BCUT2D eigenvalue weighted by Gasteiger charge is -2.13. The van der Waals surface area contributed by atoms with Gasteiger partial charge in [-0.2, -0.15) is 0 Å². The molecule has 0 saturated heterocycles. The van der Waals surface area contributed by atoms with Crippen LogP contribution < -0.4 is 5.32 Å². The van der Waals surface area contributed by atoms with Gasteiger partial charge in [0, 0.05) is 35.5 Å². The molecule has 0 aliphatic rings. The van der Waals surface area contributed by atoms with E-state index in [-0.39, 0.29) is 5.91 Å². The van der Waals surface area contributed by atoms with Gasteiger partial charge in [-0.1, -0.05) is 110 Å². The van der Waals surface area contributed by atoms with Gasteiger partial charge >= 0.3 is 0 Å². The first-order valence-corrected chi connectivity index (χ1v) is 13.9. The first-order valence-electron chi connectivity index (χ1n) is 13.0. The molecule has 0 unspecified atom stereocenters. The van der Waals surface area contributed by atoms with Crippen LogP contribution in [0, 0.1) is 0 Å². The van der Waals surface area contributed by atoms with E-state index in [2.05, 4.69) is 89.6 Å². The molecule has 0 aliphatic heterocycles. The number of hydrogen-bond donors (Lipinski definition) is 1. The lowest BCUT2D eigenvalue weighted by molar-refractivity contribution is -0.121. The minimum Gasteiger partial charge on any atom is -0.356 e. The Morgan fingerprint density at radius 1 is 0.806 bits per heavy atom. The molecule has 0 aliphatic carbocycles. The second-order valence-electron chi connectivity index (χ2n) is 8.86. The maximum Gasteiger partial charge on any atom is 0.219 e. The van der Waals surface area contributed by atoms with Gasteiger partial charge in [-0.15, -0.1) is 0 Å². The predicted octanol–water partition coefficient (Wildman–Crippen LogP) is 7.78. The highest BCUT2D eigenvalue weighted by Crippen LogP contribution is 2.38. The molecule has 0 bridgehead atoms. The van der Waals surface area contributed by atoms with E-state index in [1.54, 1.807) is 11.8 Å². The molecule has 1 aromatic heterocycles. The van der Waals surface area contributed by atoms with Crippen LogP contribution in [-0.2, 0) is 4.79 Å². The lowest BCUT2D eigenvalue weighted by atomic mass is 10.0. The van der Waals surface area contributed by atoms with Crippen molar-refractivity contribution in [2.45, 2.75) is 50.6 Å². The van der Waals surface area contributed by atoms with Crippen LogP contribution >= 0.6 is 11.8 Å². The Morgan fingerprint density at radius 2 is 1.44 bits per heavy atom. The molecule has 1 amide bonds. The molecule has 4 nitrogen and oxygen atoms in total. The van der Waals surface area contributed by atoms with Gasteiger partial charge in [0.15, 0.2) is 5.16 Å². The van der Waals surface area contributed by atoms with Crippen LogP contribution in [0.2, 0.25) is 0 Å². The summed E-state index contributed by atoms with van der Waals surface area (Å²) in [5.41, 5.74) is 5.46. The largest absolute Gasteiger partial charge is 0.356 e. The van der Waals surface area contributed by atoms with Crippen LogP contribution in [0.1, 0.15) is 45.4 Å². The smallest absolute Gasteiger partial charge is 0.219 e. The Balaban J connectivity index is 1.54. The summed E-state index contributed by atoms with van der Waals surface area (Å²) in [7, 11) is 0. The summed E-state index contributed by atoms with van der Waals surface area (Å²) in [6, 6.07) is 31.4. The fourth-order valence-electron chi connectivity index (χ4n) is 4.21. The zero-order valence-corrected chi connectivity index (χ0v) is 21.8. The van der Waals surface area contributed by atoms with Crippen molar-refractivity contribution in [1.82, 2.24) is 14.9 Å². The van der Waals surface area contributed by atoms with Gasteiger partial charge in [0.1, 0.15) is 0 Å². The predicted molar refractivity (Wildman–Crippen MR) is 152 cm³/mol. The van der Waals surface area contributed by atoms with E-state index in [4.69, 9.17) is 4.98 Å². The molecule has 0 saturated carbocycles. The highest BCUT2D eigenvalue weighted by atomic mass is 32.2. The van der Waals surface area contributed by atoms with E-state index in [9.17, 15) is 4.79 Å². The van der Waals surface area contributed by atoms with Gasteiger partial charge in [-0.05, 0) is 31.4 Å². The lowest BCUT2D eigenvalue weighted by Crippen LogP contribution is -2.24. The number of amides is 1. The average Bonchev–Trinajstić information content (AvgIpc) is 3.31. The second-order valence-corrected chi connectivity index (χ2v) is 9.92. The van der Waals surface area contributed by atoms with Gasteiger partial charge in [-0.3, -0.25) is 9.36 Å². The Hall–Kier alpha value is -3.31. The van der Waals surface area contributed by atoms with Gasteiger partial charge < -0.3 is 5.32 Å². The Bertz CT molecular complexity index is 1210. The van der Waals surface area contributed by atoms with E-state index >= 15 is 0 Å². The molecule has 3 aromatic carbocycles. The van der Waals surface area contributed by atoms with Crippen molar-refractivity contribution in [1.29, 1.82) is 0 Å². The van der Waals surface area contributed by atoms with Crippen molar-refractivity contribution in [2.75, 3.05) is 12.3 Å². The molecule has 0 fully saturated rings. The minimum absolute atomic E-state index is 0.177. The van der Waals surface area contributed by atoms with Crippen molar-refractivity contribution >= 4 is 17.7 Å². The molecule has 5 heteroatoms. The van der Waals surface area contributed by atoms with Gasteiger partial charge in [0.2, 0.25) is 5.91 Å². The van der Waals surface area contributed by atoms with Crippen molar-refractivity contribution < 1.29 is 4.79 Å². The molecule has 4 aromatic rings. The number of thioether (sulfide) groups is 1. The SMILES string of the molecule is CCCCCC(=O)NCCCCSc1nc(-c2ccccc2)c(-c2ccccc2)n1-c1ccccc1. The van der Waals surface area contributed by atoms with Crippen LogP contribution in [0.25, 0.3) is 28.2 Å². The highest BCUT2D eigenvalue weighted by Gasteiger charge is 2.21. The molecular formula is C31H35N3OS. The van der Waals surface area contributed by atoms with Gasteiger partial charge in [-0.25, -0.2) is 4.98 Å². The van der Waals surface area contributed by atoms with Crippen LogP contribution in [-0.4, -0.2) is 27.8 Å². The van der Waals surface area contributed by atoms with Crippen LogP contribution in [0.3, 0.4) is 0 Å². The van der Waals surface area contributed by atoms with Crippen molar-refractivity contribution in [3.05, 3.63) is 91.0 Å². The average molecular weight is 498 g/mol. The van der Waals surface area contributed by atoms with Gasteiger partial charge in [0.25, 0.3) is 0 Å². The van der Waals surface area contributed by atoms with E-state index in [0.717, 1.165) is 77.8 Å². The van der Waals surface area contributed by atoms with E-state index in [1.807, 2.05) is 18.2 Å². The summed E-state index contributed by atoms with van der Waals surface area (Å²) >= 11 is 1.78. The Labute approximate surface area is 219 Å². The molecular weight excluding hydrogens is 462 g/mol. The summed E-state index contributed by atoms with van der Waals surface area (Å²) in [5, 5.41) is 4.05. The molecule has 4 rings (SSSR count). The molecule has 0 atom stereocenters. The van der Waals surface area contributed by atoms with Crippen molar-refractivity contribution in [3.63, 3.8) is 0 Å². The van der Waals surface area contributed by atoms with E-state index < -0.39 is 0 Å². The third-order valence-electron chi connectivity index (χ3n) is 6.09. The number of aromatic nitrogens is 2. The van der Waals surface area contributed by atoms with E-state index in [0.29, 0.717) is 6.42 Å². The first kappa shape index (κ1) is 25.8. The maximum atomic E-state index is 12.0. The fraction of sp³-hybridized carbons (Fsp3) is 0.290. The summed E-state index contributed by atoms with van der Waals surface area (Å²) in [5.74, 6) is 1.12. The number of benzene rings is 3. The summed E-state index contributed by atoms with van der Waals surface area (Å²) in [4.78, 5) is 17.1. The number of nitrogens with zero attached hydrogens (tertiary/aromatic N) is 2. The number of carbonyl (C=O) groups excluding carboxylic acids is 1. The number of hydrogen-bond acceptors (Lipinski definition) is 3. The number of rotatable bonds is 13. The van der Waals surface area contributed by atoms with Crippen molar-refractivity contribution in [2.24, 2.45) is 0 Å². The summed E-state index contributed by atoms with van der Waals surface area (Å²) < 4.78 is 2.29. The minimum atomic E-state index is 0.177. The zero-order chi connectivity index (χ0) is 25.0. The summed E-state index contributed by atoms with van der Waals surface area (Å²) in [6.45, 7) is 2.90. The quantitative estimate of drug-likeness (QED) is 0.152. The van der Waals surface area contributed by atoms with Crippen molar-refractivity contribution in [3.8, 4) is 28.2 Å². The number of imidazole rings is 1. The number of carbonyl (C=O) groups is 1. The first-order chi connectivity index (χ1) is 17.8. The Kier molecular flexibility index (Phi) is 9.80. The third kappa shape index (κ3) is 6.88. The van der Waals surface area contributed by atoms with Crippen LogP contribution in [0.5, 0.6) is 0 Å². The number of unbranched alkanes of at least 4 members (excludes halogenated alkanes) is 3.